The second kappa shape index (κ2) is 13.2. The Morgan fingerprint density at radius 1 is 0.333 bits per heavy atom. The molecule has 9 rings (SSSR count). The van der Waals surface area contributed by atoms with Gasteiger partial charge in [0.1, 0.15) is 0 Å². The van der Waals surface area contributed by atoms with Crippen LogP contribution in [0.5, 0.6) is 0 Å². The van der Waals surface area contributed by atoms with Crippen LogP contribution in [0.15, 0.2) is 182 Å². The fourth-order valence-corrected chi connectivity index (χ4v) is 6.65. The zero-order valence-corrected chi connectivity index (χ0v) is 27.8. The minimum atomic E-state index is 0.605. The Kier molecular flexibility index (Phi) is 7.80. The Bertz CT molecular complexity index is 2560. The lowest BCUT2D eigenvalue weighted by Gasteiger charge is -2.25. The highest BCUT2D eigenvalue weighted by atomic mass is 15.1. The van der Waals surface area contributed by atoms with E-state index in [1.54, 1.807) is 0 Å². The third kappa shape index (κ3) is 6.23. The summed E-state index contributed by atoms with van der Waals surface area (Å²) in [6, 6.07) is 63.6. The molecule has 51 heavy (non-hydrogen) atoms. The number of benzene rings is 8. The van der Waals surface area contributed by atoms with Gasteiger partial charge >= 0.3 is 0 Å². The summed E-state index contributed by atoms with van der Waals surface area (Å²) < 4.78 is 0. The van der Waals surface area contributed by atoms with Crippen LogP contribution in [-0.2, 0) is 0 Å². The number of para-hydroxylation sites is 2. The van der Waals surface area contributed by atoms with Gasteiger partial charge < -0.3 is 4.90 Å². The van der Waals surface area contributed by atoms with Crippen molar-refractivity contribution in [2.24, 2.45) is 0 Å². The topological polar surface area (TPSA) is 41.9 Å². The number of fused-ring (bicyclic) bond motifs is 3. The Balaban J connectivity index is 1.08. The first kappa shape index (κ1) is 30.2. The first-order valence-corrected chi connectivity index (χ1v) is 17.1. The Morgan fingerprint density at radius 2 is 0.804 bits per heavy atom. The molecule has 0 aliphatic rings. The summed E-state index contributed by atoms with van der Waals surface area (Å²) in [5.74, 6) is 1.89. The molecule has 0 saturated carbocycles. The molecule has 8 aromatic carbocycles. The van der Waals surface area contributed by atoms with Gasteiger partial charge in [-0.2, -0.15) is 0 Å². The molecular weight excluding hydrogens is 621 g/mol. The van der Waals surface area contributed by atoms with Crippen molar-refractivity contribution in [1.29, 1.82) is 0 Å². The number of anilines is 3. The van der Waals surface area contributed by atoms with Crippen molar-refractivity contribution in [2.45, 2.75) is 0 Å². The van der Waals surface area contributed by atoms with E-state index >= 15 is 0 Å². The summed E-state index contributed by atoms with van der Waals surface area (Å²) in [6.45, 7) is 0. The van der Waals surface area contributed by atoms with Gasteiger partial charge in [-0.1, -0.05) is 133 Å². The second-order valence-electron chi connectivity index (χ2n) is 12.6. The average molecular weight is 653 g/mol. The largest absolute Gasteiger partial charge is 0.310 e. The molecular formula is C47H32N4. The summed E-state index contributed by atoms with van der Waals surface area (Å²) in [7, 11) is 0. The lowest BCUT2D eigenvalue weighted by atomic mass is 10.0. The molecule has 1 heterocycles. The molecule has 240 valence electrons. The van der Waals surface area contributed by atoms with E-state index in [-0.39, 0.29) is 0 Å². The van der Waals surface area contributed by atoms with Crippen LogP contribution in [0.4, 0.5) is 17.1 Å². The van der Waals surface area contributed by atoms with Gasteiger partial charge in [0.05, 0.1) is 0 Å². The number of hydrogen-bond acceptors (Lipinski definition) is 4. The lowest BCUT2D eigenvalue weighted by molar-refractivity contribution is 1.05. The van der Waals surface area contributed by atoms with Crippen LogP contribution < -0.4 is 4.90 Å². The second-order valence-corrected chi connectivity index (χ2v) is 12.6. The molecule has 1 aromatic heterocycles. The number of aromatic nitrogens is 3. The third-order valence-corrected chi connectivity index (χ3v) is 9.23. The highest BCUT2D eigenvalue weighted by Gasteiger charge is 2.13. The molecule has 0 aliphatic carbocycles. The van der Waals surface area contributed by atoms with Gasteiger partial charge in [-0.25, -0.2) is 15.0 Å². The van der Waals surface area contributed by atoms with Crippen LogP contribution in [0.25, 0.3) is 67.2 Å². The first-order chi connectivity index (χ1) is 25.2. The molecule has 0 fully saturated rings. The van der Waals surface area contributed by atoms with Crippen molar-refractivity contribution in [3.8, 4) is 22.8 Å². The van der Waals surface area contributed by atoms with Gasteiger partial charge in [-0.05, 0) is 98.6 Å². The highest BCUT2D eigenvalue weighted by Crippen LogP contribution is 2.36. The summed E-state index contributed by atoms with van der Waals surface area (Å²) >= 11 is 0. The summed E-state index contributed by atoms with van der Waals surface area (Å²) in [4.78, 5) is 17.2. The predicted molar refractivity (Wildman–Crippen MR) is 213 cm³/mol. The van der Waals surface area contributed by atoms with Gasteiger partial charge in [0.2, 0.25) is 0 Å². The molecule has 9 aromatic rings. The standard InChI is InChI=1S/C47H32N4/c1-3-15-42(16-4-1)51(43-17-5-2-6-18-43)44-27-26-38-29-33(19-21-39(38)32-44)20-28-45-48-46(40-24-22-34-11-7-9-13-36(34)30-40)50-47(49-45)41-25-23-35-12-8-10-14-37(35)31-41/h1-32H. The highest BCUT2D eigenvalue weighted by molar-refractivity contribution is 5.92. The number of nitrogens with zero attached hydrogens (tertiary/aromatic N) is 4. The zero-order valence-electron chi connectivity index (χ0n) is 27.8. The van der Waals surface area contributed by atoms with Crippen molar-refractivity contribution < 1.29 is 0 Å². The van der Waals surface area contributed by atoms with Gasteiger partial charge in [-0.3, -0.25) is 0 Å². The van der Waals surface area contributed by atoms with E-state index in [0.29, 0.717) is 17.5 Å². The molecule has 0 N–H and O–H groups in total. The fourth-order valence-electron chi connectivity index (χ4n) is 6.65. The zero-order chi connectivity index (χ0) is 34.0. The van der Waals surface area contributed by atoms with Crippen molar-refractivity contribution in [3.63, 3.8) is 0 Å². The van der Waals surface area contributed by atoms with Gasteiger partial charge in [0, 0.05) is 28.2 Å². The number of hydrogen-bond donors (Lipinski definition) is 0. The molecule has 0 aliphatic heterocycles. The summed E-state index contributed by atoms with van der Waals surface area (Å²) in [5.41, 5.74) is 6.31. The lowest BCUT2D eigenvalue weighted by Crippen LogP contribution is -2.09. The van der Waals surface area contributed by atoms with Crippen molar-refractivity contribution in [1.82, 2.24) is 15.0 Å². The van der Waals surface area contributed by atoms with Crippen LogP contribution in [-0.4, -0.2) is 15.0 Å². The van der Waals surface area contributed by atoms with Crippen molar-refractivity contribution in [2.75, 3.05) is 4.90 Å². The maximum absolute atomic E-state index is 4.99. The number of rotatable bonds is 7. The monoisotopic (exact) mass is 652 g/mol. The molecule has 0 unspecified atom stereocenters. The molecule has 0 spiro atoms. The summed E-state index contributed by atoms with van der Waals surface area (Å²) in [6.07, 6.45) is 4.07. The smallest absolute Gasteiger partial charge is 0.164 e. The molecule has 0 radical (unpaired) electrons. The molecule has 4 heteroatoms. The minimum absolute atomic E-state index is 0.605. The Labute approximate surface area is 296 Å². The van der Waals surface area contributed by atoms with E-state index in [2.05, 4.69) is 181 Å². The van der Waals surface area contributed by atoms with E-state index in [1.165, 1.54) is 16.2 Å². The van der Waals surface area contributed by atoms with Crippen LogP contribution >= 0.6 is 0 Å². The third-order valence-electron chi connectivity index (χ3n) is 9.23. The molecule has 0 atom stereocenters. The normalized spacial score (nSPS) is 11.5. The van der Waals surface area contributed by atoms with E-state index in [4.69, 9.17) is 15.0 Å². The van der Waals surface area contributed by atoms with Crippen LogP contribution in [0, 0.1) is 0 Å². The first-order valence-electron chi connectivity index (χ1n) is 17.1. The molecule has 4 nitrogen and oxygen atoms in total. The van der Waals surface area contributed by atoms with Crippen LogP contribution in [0.2, 0.25) is 0 Å². The van der Waals surface area contributed by atoms with Crippen LogP contribution in [0.1, 0.15) is 11.4 Å². The maximum atomic E-state index is 4.99. The molecule has 0 bridgehead atoms. The minimum Gasteiger partial charge on any atom is -0.310 e. The van der Waals surface area contributed by atoms with E-state index in [1.807, 2.05) is 18.2 Å². The quantitative estimate of drug-likeness (QED) is 0.172. The van der Waals surface area contributed by atoms with E-state index in [0.717, 1.165) is 49.9 Å². The van der Waals surface area contributed by atoms with Gasteiger partial charge in [-0.15, -0.1) is 0 Å². The van der Waals surface area contributed by atoms with Gasteiger partial charge in [0.25, 0.3) is 0 Å². The fraction of sp³-hybridized carbons (Fsp3) is 0. The van der Waals surface area contributed by atoms with Crippen molar-refractivity contribution >= 4 is 61.5 Å². The SMILES string of the molecule is C(=Cc1nc(-c2ccc3ccccc3c2)nc(-c2ccc3ccccc3c2)n1)c1ccc2cc(N(c3ccccc3)c3ccccc3)ccc2c1. The average Bonchev–Trinajstić information content (AvgIpc) is 3.20. The Morgan fingerprint density at radius 3 is 1.39 bits per heavy atom. The predicted octanol–water partition coefficient (Wildman–Crippen LogP) is 12.3. The van der Waals surface area contributed by atoms with Crippen LogP contribution in [0.3, 0.4) is 0 Å². The molecule has 0 amide bonds. The van der Waals surface area contributed by atoms with E-state index < -0.39 is 0 Å². The maximum Gasteiger partial charge on any atom is 0.164 e. The summed E-state index contributed by atoms with van der Waals surface area (Å²) in [5, 5.41) is 6.98. The molecule has 0 saturated heterocycles. The van der Waals surface area contributed by atoms with Gasteiger partial charge in [0.15, 0.2) is 17.5 Å². The van der Waals surface area contributed by atoms with Crippen molar-refractivity contribution in [3.05, 3.63) is 193 Å². The Hall–Kier alpha value is -6.91. The van der Waals surface area contributed by atoms with E-state index in [9.17, 15) is 0 Å².